The standard InChI is InChI=1S/C26H48O7/c1-4-6-8-10-12-14-16-18-25(28)30-20-24(33-22-32-23(3)27)21-31-26(29)19-17-15-13-11-9-7-5-2/h24H,4-22H2,1-3H3. The number of hydrogen-bond donors (Lipinski definition) is 0. The summed E-state index contributed by atoms with van der Waals surface area (Å²) in [5.41, 5.74) is 0. The summed E-state index contributed by atoms with van der Waals surface area (Å²) in [5, 5.41) is 0. The molecular formula is C26H48O7. The highest BCUT2D eigenvalue weighted by Gasteiger charge is 2.16. The van der Waals surface area contributed by atoms with E-state index in [2.05, 4.69) is 13.8 Å². The van der Waals surface area contributed by atoms with Crippen LogP contribution in [-0.2, 0) is 33.3 Å². The van der Waals surface area contributed by atoms with Crippen molar-refractivity contribution in [3.8, 4) is 0 Å². The van der Waals surface area contributed by atoms with E-state index in [0.29, 0.717) is 12.8 Å². The second-order valence-electron chi connectivity index (χ2n) is 8.65. The Labute approximate surface area is 201 Å². The first-order valence-corrected chi connectivity index (χ1v) is 13.1. The van der Waals surface area contributed by atoms with Gasteiger partial charge in [-0.1, -0.05) is 90.9 Å². The summed E-state index contributed by atoms with van der Waals surface area (Å²) in [6.07, 6.45) is 15.9. The van der Waals surface area contributed by atoms with Crippen molar-refractivity contribution in [2.45, 2.75) is 130 Å². The molecule has 33 heavy (non-hydrogen) atoms. The van der Waals surface area contributed by atoms with Gasteiger partial charge in [0.2, 0.25) is 0 Å². The van der Waals surface area contributed by atoms with Crippen LogP contribution in [0.5, 0.6) is 0 Å². The van der Waals surface area contributed by atoms with Gasteiger partial charge in [-0.25, -0.2) is 0 Å². The number of carbonyl (C=O) groups is 3. The Balaban J connectivity index is 4.07. The van der Waals surface area contributed by atoms with Gasteiger partial charge in [-0.05, 0) is 12.8 Å². The Morgan fingerprint density at radius 2 is 0.970 bits per heavy atom. The predicted octanol–water partition coefficient (Wildman–Crippen LogP) is 6.26. The number of unbranched alkanes of at least 4 members (excludes halogenated alkanes) is 12. The largest absolute Gasteiger partial charge is 0.463 e. The summed E-state index contributed by atoms with van der Waals surface area (Å²) in [5.74, 6) is -1.06. The molecule has 0 bridgehead atoms. The van der Waals surface area contributed by atoms with Crippen molar-refractivity contribution in [1.29, 1.82) is 0 Å². The molecule has 0 saturated heterocycles. The van der Waals surface area contributed by atoms with Gasteiger partial charge < -0.3 is 18.9 Å². The third kappa shape index (κ3) is 23.3. The Bertz CT molecular complexity index is 459. The fourth-order valence-corrected chi connectivity index (χ4v) is 3.33. The molecule has 0 rings (SSSR count). The minimum atomic E-state index is -0.666. The molecule has 0 radical (unpaired) electrons. The molecule has 0 aliphatic heterocycles. The van der Waals surface area contributed by atoms with Crippen LogP contribution in [0.2, 0.25) is 0 Å². The second-order valence-corrected chi connectivity index (χ2v) is 8.65. The average molecular weight is 473 g/mol. The Morgan fingerprint density at radius 3 is 1.36 bits per heavy atom. The SMILES string of the molecule is CCCCCCCCCC(=O)OCC(COC(=O)CCCCCCCCC)OCOC(C)=O. The van der Waals surface area contributed by atoms with Gasteiger partial charge in [0.25, 0.3) is 0 Å². The summed E-state index contributed by atoms with van der Waals surface area (Å²) < 4.78 is 20.8. The zero-order valence-corrected chi connectivity index (χ0v) is 21.4. The molecule has 0 amide bonds. The van der Waals surface area contributed by atoms with Crippen LogP contribution in [0.3, 0.4) is 0 Å². The monoisotopic (exact) mass is 472 g/mol. The minimum Gasteiger partial charge on any atom is -0.463 e. The molecule has 0 atom stereocenters. The molecule has 0 unspecified atom stereocenters. The van der Waals surface area contributed by atoms with Gasteiger partial charge >= 0.3 is 17.9 Å². The quantitative estimate of drug-likeness (QED) is 0.0750. The lowest BCUT2D eigenvalue weighted by molar-refractivity contribution is -0.174. The van der Waals surface area contributed by atoms with Crippen molar-refractivity contribution in [2.75, 3.05) is 20.0 Å². The van der Waals surface area contributed by atoms with Gasteiger partial charge in [0.1, 0.15) is 19.3 Å². The Hall–Kier alpha value is -1.63. The van der Waals surface area contributed by atoms with Crippen LogP contribution in [0.1, 0.15) is 124 Å². The highest BCUT2D eigenvalue weighted by Crippen LogP contribution is 2.10. The number of rotatable bonds is 23. The van der Waals surface area contributed by atoms with Gasteiger partial charge in [0.05, 0.1) is 0 Å². The van der Waals surface area contributed by atoms with Crippen molar-refractivity contribution in [2.24, 2.45) is 0 Å². The highest BCUT2D eigenvalue weighted by molar-refractivity contribution is 5.69. The molecule has 0 aliphatic rings. The molecule has 0 fully saturated rings. The zero-order chi connectivity index (χ0) is 24.6. The average Bonchev–Trinajstić information content (AvgIpc) is 2.79. The van der Waals surface area contributed by atoms with Gasteiger partial charge in [-0.2, -0.15) is 0 Å². The maximum atomic E-state index is 12.0. The molecule has 0 heterocycles. The molecule has 0 spiro atoms. The molecule has 0 aromatic heterocycles. The topological polar surface area (TPSA) is 88.1 Å². The van der Waals surface area contributed by atoms with E-state index in [0.717, 1.165) is 38.5 Å². The fourth-order valence-electron chi connectivity index (χ4n) is 3.33. The van der Waals surface area contributed by atoms with Crippen molar-refractivity contribution in [3.05, 3.63) is 0 Å². The van der Waals surface area contributed by atoms with E-state index in [4.69, 9.17) is 18.9 Å². The zero-order valence-electron chi connectivity index (χ0n) is 21.4. The lowest BCUT2D eigenvalue weighted by Gasteiger charge is -2.18. The van der Waals surface area contributed by atoms with Crippen LogP contribution in [0, 0.1) is 0 Å². The van der Waals surface area contributed by atoms with Crippen LogP contribution in [-0.4, -0.2) is 44.0 Å². The van der Waals surface area contributed by atoms with Crippen LogP contribution in [0.15, 0.2) is 0 Å². The van der Waals surface area contributed by atoms with E-state index in [9.17, 15) is 14.4 Å². The fraction of sp³-hybridized carbons (Fsp3) is 0.885. The van der Waals surface area contributed by atoms with Gasteiger partial charge in [0.15, 0.2) is 6.79 Å². The third-order valence-corrected chi connectivity index (χ3v) is 5.40. The van der Waals surface area contributed by atoms with E-state index < -0.39 is 12.1 Å². The molecule has 0 aromatic carbocycles. The van der Waals surface area contributed by atoms with Crippen LogP contribution >= 0.6 is 0 Å². The minimum absolute atomic E-state index is 0.0404. The van der Waals surface area contributed by atoms with E-state index in [-0.39, 0.29) is 31.9 Å². The van der Waals surface area contributed by atoms with Crippen LogP contribution in [0.25, 0.3) is 0 Å². The maximum absolute atomic E-state index is 12.0. The Kier molecular flexibility index (Phi) is 22.4. The molecule has 194 valence electrons. The number of ether oxygens (including phenoxy) is 4. The first-order chi connectivity index (χ1) is 16.0. The molecule has 0 aliphatic carbocycles. The normalized spacial score (nSPS) is 10.9. The van der Waals surface area contributed by atoms with Crippen molar-refractivity contribution >= 4 is 17.9 Å². The second kappa shape index (κ2) is 23.5. The van der Waals surface area contributed by atoms with E-state index >= 15 is 0 Å². The lowest BCUT2D eigenvalue weighted by Crippen LogP contribution is -2.29. The smallest absolute Gasteiger partial charge is 0.305 e. The van der Waals surface area contributed by atoms with Gasteiger partial charge in [0, 0.05) is 19.8 Å². The summed E-state index contributed by atoms with van der Waals surface area (Å²) in [6, 6.07) is 0. The lowest BCUT2D eigenvalue weighted by atomic mass is 10.1. The summed E-state index contributed by atoms with van der Waals surface area (Å²) in [4.78, 5) is 34.9. The third-order valence-electron chi connectivity index (χ3n) is 5.40. The first kappa shape index (κ1) is 31.4. The van der Waals surface area contributed by atoms with Crippen molar-refractivity contribution < 1.29 is 33.3 Å². The van der Waals surface area contributed by atoms with Gasteiger partial charge in [-0.3, -0.25) is 14.4 Å². The summed E-state index contributed by atoms with van der Waals surface area (Å²) >= 11 is 0. The van der Waals surface area contributed by atoms with Crippen LogP contribution in [0.4, 0.5) is 0 Å². The van der Waals surface area contributed by atoms with Crippen LogP contribution < -0.4 is 0 Å². The number of hydrogen-bond acceptors (Lipinski definition) is 7. The molecule has 0 N–H and O–H groups in total. The predicted molar refractivity (Wildman–Crippen MR) is 129 cm³/mol. The molecule has 0 aromatic rings. The van der Waals surface area contributed by atoms with E-state index in [1.165, 1.54) is 58.3 Å². The molecule has 7 nitrogen and oxygen atoms in total. The van der Waals surface area contributed by atoms with Crippen molar-refractivity contribution in [1.82, 2.24) is 0 Å². The highest BCUT2D eigenvalue weighted by atomic mass is 16.7. The summed E-state index contributed by atoms with van der Waals surface area (Å²) in [7, 11) is 0. The van der Waals surface area contributed by atoms with E-state index in [1.54, 1.807) is 0 Å². The maximum Gasteiger partial charge on any atom is 0.305 e. The molecule has 7 heteroatoms. The molecular weight excluding hydrogens is 424 g/mol. The number of carbonyl (C=O) groups excluding carboxylic acids is 3. The first-order valence-electron chi connectivity index (χ1n) is 13.1. The number of esters is 3. The Morgan fingerprint density at radius 1 is 0.576 bits per heavy atom. The summed E-state index contributed by atoms with van der Waals surface area (Å²) in [6.45, 7) is 5.31. The van der Waals surface area contributed by atoms with E-state index in [1.807, 2.05) is 0 Å². The van der Waals surface area contributed by atoms with Gasteiger partial charge in [-0.15, -0.1) is 0 Å². The molecule has 0 saturated carbocycles. The van der Waals surface area contributed by atoms with Crippen molar-refractivity contribution in [3.63, 3.8) is 0 Å².